The van der Waals surface area contributed by atoms with Gasteiger partial charge in [-0.25, -0.2) is 16.8 Å². The molecular formula is C28H36N2O5S2. The number of carbonyl (C=O) groups excluding carboxylic acids is 1. The van der Waals surface area contributed by atoms with Crippen molar-refractivity contribution >= 4 is 37.1 Å². The highest BCUT2D eigenvalue weighted by Crippen LogP contribution is 2.62. The van der Waals surface area contributed by atoms with Crippen molar-refractivity contribution in [2.45, 2.75) is 75.2 Å². The monoisotopic (exact) mass is 544 g/mol. The average molecular weight is 545 g/mol. The van der Waals surface area contributed by atoms with Crippen LogP contribution in [0.25, 0.3) is 0 Å². The Bertz CT molecular complexity index is 1460. The lowest BCUT2D eigenvalue weighted by Gasteiger charge is -2.38. The number of fused-ring (bicyclic) bond motifs is 2. The van der Waals surface area contributed by atoms with Crippen LogP contribution < -0.4 is 9.62 Å². The van der Waals surface area contributed by atoms with Crippen LogP contribution in [0.2, 0.25) is 0 Å². The fourth-order valence-corrected chi connectivity index (χ4v) is 7.48. The van der Waals surface area contributed by atoms with Gasteiger partial charge in [-0.05, 0) is 106 Å². The van der Waals surface area contributed by atoms with Crippen LogP contribution in [0.4, 0.5) is 11.4 Å². The number of anilines is 2. The van der Waals surface area contributed by atoms with Crippen molar-refractivity contribution in [1.82, 2.24) is 0 Å². The van der Waals surface area contributed by atoms with E-state index in [1.807, 2.05) is 17.0 Å². The molecule has 1 heterocycles. The van der Waals surface area contributed by atoms with Crippen molar-refractivity contribution in [3.63, 3.8) is 0 Å². The van der Waals surface area contributed by atoms with Gasteiger partial charge < -0.3 is 4.90 Å². The van der Waals surface area contributed by atoms with Crippen LogP contribution in [0.3, 0.4) is 0 Å². The highest BCUT2D eigenvalue weighted by atomic mass is 32.2. The summed E-state index contributed by atoms with van der Waals surface area (Å²) in [5.74, 6) is -0.288. The Hall–Kier alpha value is -2.39. The van der Waals surface area contributed by atoms with E-state index in [0.29, 0.717) is 28.8 Å². The molecule has 0 atom stereocenters. The zero-order chi connectivity index (χ0) is 26.9. The second-order valence-electron chi connectivity index (χ2n) is 12.3. The molecule has 0 saturated heterocycles. The highest BCUT2D eigenvalue weighted by Gasteiger charge is 2.53. The third-order valence-corrected chi connectivity index (χ3v) is 11.7. The van der Waals surface area contributed by atoms with E-state index in [1.165, 1.54) is 12.8 Å². The van der Waals surface area contributed by atoms with Gasteiger partial charge in [0.05, 0.1) is 16.8 Å². The molecule has 2 spiro atoms. The molecule has 7 nitrogen and oxygen atoms in total. The van der Waals surface area contributed by atoms with Crippen molar-refractivity contribution in [3.8, 4) is 0 Å². The maximum atomic E-state index is 13.9. The van der Waals surface area contributed by atoms with E-state index < -0.39 is 24.6 Å². The first-order valence-corrected chi connectivity index (χ1v) is 16.4. The number of rotatable bonds is 5. The first-order chi connectivity index (χ1) is 17.1. The molecule has 9 heteroatoms. The first-order valence-electron chi connectivity index (χ1n) is 12.9. The summed E-state index contributed by atoms with van der Waals surface area (Å²) in [5, 5.41) is 0. The SMILES string of the molecule is CC(C)(C)S(=O)(=O)Cc1cccc(C(=O)N2CC3(CCC4(CC4)CC3)c3cc(NS(C)(=O)=O)ccc32)c1. The van der Waals surface area contributed by atoms with E-state index in [0.717, 1.165) is 43.2 Å². The Balaban J connectivity index is 1.48. The van der Waals surface area contributed by atoms with Gasteiger partial charge in [-0.3, -0.25) is 9.52 Å². The molecular weight excluding hydrogens is 508 g/mol. The highest BCUT2D eigenvalue weighted by molar-refractivity contribution is 7.92. The molecule has 0 bridgehead atoms. The number of sulfone groups is 1. The fourth-order valence-electron chi connectivity index (χ4n) is 5.88. The summed E-state index contributed by atoms with van der Waals surface area (Å²) in [4.78, 5) is 15.7. The zero-order valence-corrected chi connectivity index (χ0v) is 23.6. The second kappa shape index (κ2) is 8.56. The molecule has 0 radical (unpaired) electrons. The predicted octanol–water partition coefficient (Wildman–Crippen LogP) is 5.02. The van der Waals surface area contributed by atoms with E-state index in [4.69, 9.17) is 0 Å². The molecule has 2 fully saturated rings. The summed E-state index contributed by atoms with van der Waals surface area (Å²) in [5.41, 5.74) is 3.66. The molecule has 1 N–H and O–H groups in total. The lowest BCUT2D eigenvalue weighted by atomic mass is 9.66. The largest absolute Gasteiger partial charge is 0.307 e. The summed E-state index contributed by atoms with van der Waals surface area (Å²) in [6, 6.07) is 12.4. The Labute approximate surface area is 220 Å². The summed E-state index contributed by atoms with van der Waals surface area (Å²) >= 11 is 0. The van der Waals surface area contributed by atoms with Crippen molar-refractivity contribution in [2.75, 3.05) is 22.4 Å². The number of amides is 1. The minimum atomic E-state index is -3.43. The lowest BCUT2D eigenvalue weighted by Crippen LogP contribution is -2.40. The number of benzene rings is 2. The molecule has 0 unspecified atom stereocenters. The number of nitrogens with one attached hydrogen (secondary N) is 1. The van der Waals surface area contributed by atoms with Crippen LogP contribution in [-0.4, -0.2) is 40.3 Å². The Morgan fingerprint density at radius 2 is 1.59 bits per heavy atom. The summed E-state index contributed by atoms with van der Waals surface area (Å²) in [7, 11) is -6.82. The quantitative estimate of drug-likeness (QED) is 0.569. The number of sulfonamides is 1. The van der Waals surface area contributed by atoms with Crippen molar-refractivity contribution in [3.05, 3.63) is 59.2 Å². The minimum absolute atomic E-state index is 0.124. The maximum Gasteiger partial charge on any atom is 0.258 e. The molecule has 1 amide bonds. The van der Waals surface area contributed by atoms with E-state index >= 15 is 0 Å². The number of nitrogens with zero attached hydrogens (tertiary/aromatic N) is 1. The van der Waals surface area contributed by atoms with E-state index in [1.54, 1.807) is 51.1 Å². The Morgan fingerprint density at radius 3 is 2.19 bits per heavy atom. The van der Waals surface area contributed by atoms with Gasteiger partial charge >= 0.3 is 0 Å². The molecule has 2 aliphatic carbocycles. The van der Waals surface area contributed by atoms with E-state index in [9.17, 15) is 21.6 Å². The molecule has 2 aromatic carbocycles. The molecule has 2 saturated carbocycles. The molecule has 5 rings (SSSR count). The lowest BCUT2D eigenvalue weighted by molar-refractivity contribution is 0.0980. The first kappa shape index (κ1) is 26.2. The van der Waals surface area contributed by atoms with Crippen molar-refractivity contribution in [2.24, 2.45) is 5.41 Å². The van der Waals surface area contributed by atoms with Gasteiger partial charge in [0.2, 0.25) is 10.0 Å². The van der Waals surface area contributed by atoms with Crippen LogP contribution in [-0.2, 0) is 31.0 Å². The smallest absolute Gasteiger partial charge is 0.258 e. The Kier molecular flexibility index (Phi) is 6.07. The van der Waals surface area contributed by atoms with E-state index in [-0.39, 0.29) is 17.1 Å². The zero-order valence-electron chi connectivity index (χ0n) is 22.0. The third-order valence-electron chi connectivity index (χ3n) is 8.56. The number of hydrogen-bond acceptors (Lipinski definition) is 5. The molecule has 3 aliphatic rings. The van der Waals surface area contributed by atoms with Crippen LogP contribution in [0, 0.1) is 5.41 Å². The molecule has 1 aliphatic heterocycles. The topological polar surface area (TPSA) is 101 Å². The van der Waals surface area contributed by atoms with Gasteiger partial charge in [-0.1, -0.05) is 12.1 Å². The number of hydrogen-bond donors (Lipinski definition) is 1. The summed E-state index contributed by atoms with van der Waals surface area (Å²) < 4.78 is 51.0. The van der Waals surface area contributed by atoms with Gasteiger partial charge in [-0.2, -0.15) is 0 Å². The molecule has 200 valence electrons. The third kappa shape index (κ3) is 5.04. The molecule has 2 aromatic rings. The van der Waals surface area contributed by atoms with Crippen molar-refractivity contribution < 1.29 is 21.6 Å². The normalized spacial score (nSPS) is 20.2. The van der Waals surface area contributed by atoms with E-state index in [2.05, 4.69) is 4.72 Å². The Morgan fingerprint density at radius 1 is 0.946 bits per heavy atom. The van der Waals surface area contributed by atoms with Gasteiger partial charge in [0.15, 0.2) is 9.84 Å². The molecule has 0 aromatic heterocycles. The summed E-state index contributed by atoms with van der Waals surface area (Å²) in [6.07, 6.45) is 7.87. The van der Waals surface area contributed by atoms with Crippen LogP contribution in [0.1, 0.15) is 80.8 Å². The predicted molar refractivity (Wildman–Crippen MR) is 147 cm³/mol. The summed E-state index contributed by atoms with van der Waals surface area (Å²) in [6.45, 7) is 5.59. The fraction of sp³-hybridized carbons (Fsp3) is 0.536. The van der Waals surface area contributed by atoms with Crippen LogP contribution >= 0.6 is 0 Å². The van der Waals surface area contributed by atoms with Crippen LogP contribution in [0.5, 0.6) is 0 Å². The van der Waals surface area contributed by atoms with Gasteiger partial charge in [0.25, 0.3) is 5.91 Å². The average Bonchev–Trinajstić information content (AvgIpc) is 3.49. The second-order valence-corrected chi connectivity index (χ2v) is 16.8. The van der Waals surface area contributed by atoms with Gasteiger partial charge in [0, 0.05) is 28.9 Å². The van der Waals surface area contributed by atoms with Gasteiger partial charge in [-0.15, -0.1) is 0 Å². The van der Waals surface area contributed by atoms with Gasteiger partial charge in [0.1, 0.15) is 0 Å². The number of carbonyl (C=O) groups is 1. The standard InChI is InChI=1S/C28H36N2O5S2/c1-26(2,3)37(34,35)18-20-6-5-7-21(16-20)25(31)30-19-28(14-12-27(10-11-27)13-15-28)23-17-22(8-9-24(23)30)29-36(4,32)33/h5-9,16-17,29H,10-15,18-19H2,1-4H3. The minimum Gasteiger partial charge on any atom is -0.307 e. The maximum absolute atomic E-state index is 13.9. The van der Waals surface area contributed by atoms with Crippen molar-refractivity contribution in [1.29, 1.82) is 0 Å². The molecule has 37 heavy (non-hydrogen) atoms. The van der Waals surface area contributed by atoms with Crippen LogP contribution in [0.15, 0.2) is 42.5 Å².